The quantitative estimate of drug-likeness (QED) is 0.117. The summed E-state index contributed by atoms with van der Waals surface area (Å²) in [7, 11) is 0. The Hall–Kier alpha value is -17.6. The van der Waals surface area contributed by atoms with Gasteiger partial charge in [0.1, 0.15) is 0 Å². The van der Waals surface area contributed by atoms with Gasteiger partial charge in [-0.05, 0) is 231 Å². The Bertz CT molecular complexity index is 8700. The van der Waals surface area contributed by atoms with Gasteiger partial charge >= 0.3 is 0 Å². The molecule has 0 unspecified atom stereocenters. The normalized spacial score (nSPS) is 11.6. The summed E-state index contributed by atoms with van der Waals surface area (Å²) >= 11 is 0. The summed E-state index contributed by atoms with van der Waals surface area (Å²) < 4.78 is 14.2. The van der Waals surface area contributed by atoms with E-state index in [1.165, 1.54) is 232 Å². The van der Waals surface area contributed by atoms with Crippen molar-refractivity contribution in [3.05, 3.63) is 510 Å². The van der Waals surface area contributed by atoms with Gasteiger partial charge in [0, 0.05) is 98.8 Å². The van der Waals surface area contributed by atoms with Crippen LogP contribution in [0, 0.1) is 0 Å². The Morgan fingerprint density at radius 3 is 0.424 bits per heavy atom. The Kier molecular flexibility index (Phi) is 18.8. The largest absolute Gasteiger partial charge is 0.309 e. The van der Waals surface area contributed by atoms with Crippen LogP contribution in [0.2, 0.25) is 0 Å². The fourth-order valence-electron chi connectivity index (χ4n) is 20.6. The van der Waals surface area contributed by atoms with Crippen molar-refractivity contribution in [1.82, 2.24) is 27.4 Å². The Morgan fingerprint density at radius 2 is 0.220 bits per heavy atom. The predicted molar refractivity (Wildman–Crippen MR) is 558 cm³/mol. The molecular formula is C126H84N6. The maximum absolute atomic E-state index is 2.38. The van der Waals surface area contributed by atoms with Crippen LogP contribution in [-0.4, -0.2) is 27.4 Å². The number of rotatable bonds is 12. The second kappa shape index (κ2) is 32.4. The molecule has 0 bridgehead atoms. The van der Waals surface area contributed by atoms with Gasteiger partial charge in [-0.1, -0.05) is 346 Å². The first-order valence-corrected chi connectivity index (χ1v) is 45.3. The average Bonchev–Trinajstić information content (AvgIpc) is 1.62. The molecule has 0 atom stereocenters. The molecule has 21 aromatic carbocycles. The van der Waals surface area contributed by atoms with Gasteiger partial charge in [0.05, 0.1) is 66.2 Å². The lowest BCUT2D eigenvalue weighted by molar-refractivity contribution is 1.18. The smallest absolute Gasteiger partial charge is 0.0547 e. The van der Waals surface area contributed by atoms with Crippen LogP contribution in [0.4, 0.5) is 0 Å². The number of hydrogen-bond acceptors (Lipinski definition) is 0. The fourth-order valence-corrected chi connectivity index (χ4v) is 20.6. The molecule has 0 aliphatic heterocycles. The average molecular weight is 1680 g/mol. The molecule has 0 fully saturated rings. The number of fused-ring (bicyclic) bond motifs is 18. The van der Waals surface area contributed by atoms with Crippen molar-refractivity contribution in [3.63, 3.8) is 0 Å². The van der Waals surface area contributed by atoms with Crippen LogP contribution in [0.1, 0.15) is 0 Å². The number of benzene rings is 21. The number of nitrogens with zero attached hydrogens (tertiary/aromatic N) is 6. The van der Waals surface area contributed by atoms with E-state index in [-0.39, 0.29) is 0 Å². The molecule has 618 valence electrons. The Balaban J connectivity index is 0.000000106. The molecule has 6 aromatic heterocycles. The van der Waals surface area contributed by atoms with Gasteiger partial charge < -0.3 is 27.4 Å². The van der Waals surface area contributed by atoms with E-state index in [4.69, 9.17) is 0 Å². The third kappa shape index (κ3) is 13.3. The summed E-state index contributed by atoms with van der Waals surface area (Å²) in [6.45, 7) is 0. The molecule has 6 nitrogen and oxygen atoms in total. The molecular weight excluding hydrogens is 1600 g/mol. The molecule has 6 heteroatoms. The number of aromatic nitrogens is 6. The van der Waals surface area contributed by atoms with E-state index in [1.54, 1.807) is 0 Å². The van der Waals surface area contributed by atoms with Crippen LogP contribution >= 0.6 is 0 Å². The van der Waals surface area contributed by atoms with Gasteiger partial charge in [0.2, 0.25) is 0 Å². The molecule has 0 N–H and O–H groups in total. The molecule has 0 saturated heterocycles. The number of para-hydroxylation sites is 12. The summed E-state index contributed by atoms with van der Waals surface area (Å²) in [5.74, 6) is 0. The minimum absolute atomic E-state index is 1.18. The van der Waals surface area contributed by atoms with E-state index in [1.807, 2.05) is 0 Å². The zero-order valence-corrected chi connectivity index (χ0v) is 72.2. The lowest BCUT2D eigenvalue weighted by atomic mass is 9.98. The van der Waals surface area contributed by atoms with Crippen LogP contribution in [-0.2, 0) is 0 Å². The zero-order chi connectivity index (χ0) is 87.1. The second-order valence-electron chi connectivity index (χ2n) is 34.3. The maximum Gasteiger partial charge on any atom is 0.0547 e. The van der Waals surface area contributed by atoms with Crippen LogP contribution < -0.4 is 0 Å². The lowest BCUT2D eigenvalue weighted by Gasteiger charge is -2.10. The van der Waals surface area contributed by atoms with E-state index in [0.29, 0.717) is 0 Å². The van der Waals surface area contributed by atoms with Gasteiger partial charge in [0.15, 0.2) is 0 Å². The first kappa shape index (κ1) is 76.8. The monoisotopic (exact) mass is 1680 g/mol. The van der Waals surface area contributed by atoms with Gasteiger partial charge in [0.25, 0.3) is 0 Å². The zero-order valence-electron chi connectivity index (χ0n) is 72.2. The highest BCUT2D eigenvalue weighted by Crippen LogP contribution is 2.44. The maximum atomic E-state index is 2.38. The van der Waals surface area contributed by atoms with Crippen molar-refractivity contribution in [1.29, 1.82) is 0 Å². The molecule has 0 radical (unpaired) electrons. The lowest BCUT2D eigenvalue weighted by Crippen LogP contribution is -1.93. The molecule has 27 rings (SSSR count). The van der Waals surface area contributed by atoms with E-state index >= 15 is 0 Å². The third-order valence-corrected chi connectivity index (χ3v) is 26.8. The van der Waals surface area contributed by atoms with Crippen molar-refractivity contribution in [3.8, 4) is 101 Å². The van der Waals surface area contributed by atoms with Crippen molar-refractivity contribution in [2.45, 2.75) is 0 Å². The summed E-state index contributed by atoms with van der Waals surface area (Å²) in [5, 5.41) is 15.3. The highest BCUT2D eigenvalue weighted by atomic mass is 15.0. The minimum atomic E-state index is 1.18. The molecule has 0 aliphatic rings. The van der Waals surface area contributed by atoms with Crippen LogP contribution in [0.5, 0.6) is 0 Å². The summed E-state index contributed by atoms with van der Waals surface area (Å²) in [4.78, 5) is 0. The van der Waals surface area contributed by atoms with E-state index in [2.05, 4.69) is 537 Å². The molecule has 132 heavy (non-hydrogen) atoms. The van der Waals surface area contributed by atoms with Crippen LogP contribution in [0.15, 0.2) is 510 Å². The van der Waals surface area contributed by atoms with Crippen molar-refractivity contribution < 1.29 is 0 Å². The molecule has 6 heterocycles. The SMILES string of the molecule is c1ccc(-n2c3ccccc3c3cc(-c4ccc(-c5ccc6c(c5)c5ccccc5n6-c5ccccc5)cc4)ccc32)cc1.c1ccc(-n2c3ccccc3c3cc(-c4ccc(-c5ccc6c7ccccc7n(-c7ccccc7)c6c5)cc4)ccc32)cc1.c1ccc(-n2c3ccccc3c3ccc(-c4ccc(-c5ccc6c7ccccc7n(-c7ccccc7)c6c5)cc4)cc32)cc1. The van der Waals surface area contributed by atoms with Crippen LogP contribution in [0.3, 0.4) is 0 Å². The fraction of sp³-hybridized carbons (Fsp3) is 0. The van der Waals surface area contributed by atoms with Gasteiger partial charge in [-0.25, -0.2) is 0 Å². The standard InChI is InChI=1S/3C42H28N2/c1-3-11-33(12-4-1)43-40-18-10-8-16-36(40)38-27-31(24-26-41(38)43)29-19-21-30(22-20-29)32-23-25-37-35-15-7-9-17-39(35)44(42(37)28-32)34-13-5-2-6-14-34;1-3-11-33(12-4-1)43-39-17-9-7-15-35(39)37-27-31(23-25-41(37)43)29-19-21-30(22-20-29)32-24-26-42-38(28-32)36-16-8-10-18-40(36)44(42)34-13-5-2-6-14-34;1-3-11-33(12-4-1)43-39-17-9-7-15-35(39)37-25-23-31(27-41(37)43)29-19-21-30(22-20-29)32-24-26-38-36-16-8-10-18-40(36)44(42(38)28-32)34-13-5-2-6-14-34/h3*1-28H. The summed E-state index contributed by atoms with van der Waals surface area (Å²) in [6.07, 6.45) is 0. The third-order valence-electron chi connectivity index (χ3n) is 26.8. The molecule has 27 aromatic rings. The minimum Gasteiger partial charge on any atom is -0.309 e. The van der Waals surface area contributed by atoms with E-state index in [9.17, 15) is 0 Å². The van der Waals surface area contributed by atoms with Gasteiger partial charge in [-0.3, -0.25) is 0 Å². The Morgan fingerprint density at radius 1 is 0.0833 bits per heavy atom. The van der Waals surface area contributed by atoms with E-state index < -0.39 is 0 Å². The first-order valence-electron chi connectivity index (χ1n) is 45.3. The molecule has 0 saturated carbocycles. The second-order valence-corrected chi connectivity index (χ2v) is 34.3. The number of hydrogen-bond donors (Lipinski definition) is 0. The van der Waals surface area contributed by atoms with Gasteiger partial charge in [-0.2, -0.15) is 0 Å². The van der Waals surface area contributed by atoms with Crippen molar-refractivity contribution in [2.75, 3.05) is 0 Å². The summed E-state index contributed by atoms with van der Waals surface area (Å²) in [6, 6.07) is 184. The van der Waals surface area contributed by atoms with Crippen molar-refractivity contribution in [2.24, 2.45) is 0 Å². The molecule has 0 amide bonds. The van der Waals surface area contributed by atoms with Crippen LogP contribution in [0.25, 0.3) is 232 Å². The Labute approximate surface area is 763 Å². The predicted octanol–water partition coefficient (Wildman–Crippen LogP) is 33.6. The summed E-state index contributed by atoms with van der Waals surface area (Å²) in [5.41, 5.74) is 36.3. The highest BCUT2D eigenvalue weighted by molar-refractivity contribution is 6.16. The van der Waals surface area contributed by atoms with E-state index in [0.717, 1.165) is 0 Å². The van der Waals surface area contributed by atoms with Gasteiger partial charge in [-0.15, -0.1) is 0 Å². The molecule has 0 spiro atoms. The topological polar surface area (TPSA) is 29.6 Å². The molecule has 0 aliphatic carbocycles. The first-order chi connectivity index (χ1) is 65.5. The van der Waals surface area contributed by atoms with Crippen molar-refractivity contribution >= 4 is 131 Å². The highest BCUT2D eigenvalue weighted by Gasteiger charge is 2.22.